The van der Waals surface area contributed by atoms with Crippen molar-refractivity contribution >= 4 is 11.3 Å². The summed E-state index contributed by atoms with van der Waals surface area (Å²) in [7, 11) is 0. The average Bonchev–Trinajstić information content (AvgIpc) is 2.54. The van der Waals surface area contributed by atoms with Crippen molar-refractivity contribution in [3.63, 3.8) is 0 Å². The molecule has 0 bridgehead atoms. The Kier molecular flexibility index (Phi) is 3.27. The Morgan fingerprint density at radius 2 is 2.31 bits per heavy atom. The van der Waals surface area contributed by atoms with Gasteiger partial charge in [-0.3, -0.25) is 0 Å². The first-order chi connectivity index (χ1) is 6.10. The summed E-state index contributed by atoms with van der Waals surface area (Å²) >= 11 is 1.50. The Morgan fingerprint density at radius 3 is 2.85 bits per heavy atom. The number of thiazole rings is 1. The highest BCUT2D eigenvalue weighted by Gasteiger charge is 2.22. The Morgan fingerprint density at radius 1 is 1.62 bits per heavy atom. The monoisotopic (exact) mass is 200 g/mol. The highest BCUT2D eigenvalue weighted by molar-refractivity contribution is 7.11. The van der Waals surface area contributed by atoms with Crippen LogP contribution in [0.2, 0.25) is 0 Å². The van der Waals surface area contributed by atoms with E-state index in [1.807, 2.05) is 19.2 Å². The highest BCUT2D eigenvalue weighted by Crippen LogP contribution is 2.26. The minimum atomic E-state index is -0.328. The first kappa shape index (κ1) is 10.5. The van der Waals surface area contributed by atoms with Crippen molar-refractivity contribution in [2.75, 3.05) is 6.61 Å². The lowest BCUT2D eigenvalue weighted by molar-refractivity contribution is 0.334. The van der Waals surface area contributed by atoms with Crippen molar-refractivity contribution in [1.82, 2.24) is 4.98 Å². The lowest BCUT2D eigenvalue weighted by Crippen LogP contribution is -2.32. The van der Waals surface area contributed by atoms with Crippen molar-refractivity contribution < 1.29 is 4.74 Å². The van der Waals surface area contributed by atoms with Crippen LogP contribution < -0.4 is 10.5 Å². The molecule has 1 rings (SSSR count). The second-order valence-corrected chi connectivity index (χ2v) is 4.02. The third-order valence-corrected chi connectivity index (χ3v) is 2.82. The second-order valence-electron chi connectivity index (χ2n) is 3.20. The summed E-state index contributed by atoms with van der Waals surface area (Å²) in [5.41, 5.74) is 6.63. The maximum absolute atomic E-state index is 6.04. The number of ether oxygens (including phenoxy) is 1. The first-order valence-corrected chi connectivity index (χ1v) is 5.35. The fourth-order valence-corrected chi connectivity index (χ4v) is 1.76. The van der Waals surface area contributed by atoms with Gasteiger partial charge in [-0.05, 0) is 20.3 Å². The molecular weight excluding hydrogens is 184 g/mol. The Labute approximate surface area is 82.9 Å². The fraction of sp³-hybridized carbons (Fsp3) is 0.667. The van der Waals surface area contributed by atoms with Crippen LogP contribution in [0.1, 0.15) is 32.9 Å². The van der Waals surface area contributed by atoms with E-state index in [4.69, 9.17) is 10.5 Å². The molecule has 0 aliphatic heterocycles. The van der Waals surface area contributed by atoms with E-state index < -0.39 is 0 Å². The van der Waals surface area contributed by atoms with E-state index in [9.17, 15) is 0 Å². The summed E-state index contributed by atoms with van der Waals surface area (Å²) in [6, 6.07) is 0. The zero-order valence-corrected chi connectivity index (χ0v) is 9.15. The predicted molar refractivity (Wildman–Crippen MR) is 55.1 cm³/mol. The largest absolute Gasteiger partial charge is 0.470 e. The predicted octanol–water partition coefficient (Wildman–Crippen LogP) is 2.13. The van der Waals surface area contributed by atoms with Crippen LogP contribution >= 0.6 is 11.3 Å². The van der Waals surface area contributed by atoms with Gasteiger partial charge in [0, 0.05) is 5.38 Å². The van der Waals surface area contributed by atoms with Crippen LogP contribution in [0.4, 0.5) is 0 Å². The lowest BCUT2D eigenvalue weighted by Gasteiger charge is -2.19. The molecule has 0 saturated heterocycles. The molecule has 3 nitrogen and oxygen atoms in total. The molecule has 0 spiro atoms. The van der Waals surface area contributed by atoms with Gasteiger partial charge in [0.25, 0.3) is 5.19 Å². The van der Waals surface area contributed by atoms with Crippen molar-refractivity contribution in [2.24, 2.45) is 5.73 Å². The molecule has 2 N–H and O–H groups in total. The molecule has 1 aromatic rings. The van der Waals surface area contributed by atoms with Gasteiger partial charge in [-0.2, -0.15) is 0 Å². The maximum Gasteiger partial charge on any atom is 0.273 e. The molecule has 0 fully saturated rings. The van der Waals surface area contributed by atoms with Crippen LogP contribution in [-0.4, -0.2) is 11.6 Å². The standard InChI is InChI=1S/C9H16N2OS/c1-4-9(3,10)7-6-13-8(11-7)12-5-2/h6H,4-5,10H2,1-3H3. The van der Waals surface area contributed by atoms with E-state index in [0.29, 0.717) is 11.8 Å². The van der Waals surface area contributed by atoms with E-state index in [1.54, 1.807) is 0 Å². The number of hydrogen-bond acceptors (Lipinski definition) is 4. The van der Waals surface area contributed by atoms with Crippen LogP contribution in [0.25, 0.3) is 0 Å². The van der Waals surface area contributed by atoms with Crippen LogP contribution in [0.15, 0.2) is 5.38 Å². The van der Waals surface area contributed by atoms with Gasteiger partial charge in [-0.15, -0.1) is 0 Å². The Bertz CT molecular complexity index is 270. The zero-order valence-electron chi connectivity index (χ0n) is 8.33. The molecule has 0 saturated carbocycles. The summed E-state index contributed by atoms with van der Waals surface area (Å²) in [4.78, 5) is 4.31. The molecule has 1 aromatic heterocycles. The molecule has 1 atom stereocenters. The summed E-state index contributed by atoms with van der Waals surface area (Å²) < 4.78 is 5.28. The number of hydrogen-bond donors (Lipinski definition) is 1. The normalized spacial score (nSPS) is 15.4. The average molecular weight is 200 g/mol. The van der Waals surface area contributed by atoms with Crippen molar-refractivity contribution in [1.29, 1.82) is 0 Å². The second kappa shape index (κ2) is 4.07. The molecular formula is C9H16N2OS. The van der Waals surface area contributed by atoms with Crippen molar-refractivity contribution in [3.8, 4) is 5.19 Å². The molecule has 0 aromatic carbocycles. The Hall–Kier alpha value is -0.610. The van der Waals surface area contributed by atoms with Gasteiger partial charge >= 0.3 is 0 Å². The minimum absolute atomic E-state index is 0.328. The third kappa shape index (κ3) is 2.42. The van der Waals surface area contributed by atoms with Gasteiger partial charge in [0.2, 0.25) is 0 Å². The molecule has 1 unspecified atom stereocenters. The number of nitrogens with two attached hydrogens (primary N) is 1. The maximum atomic E-state index is 6.04. The molecule has 74 valence electrons. The van der Waals surface area contributed by atoms with Crippen LogP contribution in [-0.2, 0) is 5.54 Å². The molecule has 4 heteroatoms. The summed E-state index contributed by atoms with van der Waals surface area (Å²) in [5.74, 6) is 0. The summed E-state index contributed by atoms with van der Waals surface area (Å²) in [5, 5.41) is 2.68. The van der Waals surface area contributed by atoms with Gasteiger partial charge < -0.3 is 10.5 Å². The van der Waals surface area contributed by atoms with Gasteiger partial charge in [0.1, 0.15) is 0 Å². The molecule has 0 aliphatic carbocycles. The van der Waals surface area contributed by atoms with E-state index in [-0.39, 0.29) is 5.54 Å². The highest BCUT2D eigenvalue weighted by atomic mass is 32.1. The molecule has 0 radical (unpaired) electrons. The molecule has 0 amide bonds. The van der Waals surface area contributed by atoms with Gasteiger partial charge in [-0.25, -0.2) is 4.98 Å². The molecule has 13 heavy (non-hydrogen) atoms. The SMILES string of the molecule is CCOc1nc(C(C)(N)CC)cs1. The van der Waals surface area contributed by atoms with Crippen LogP contribution in [0.3, 0.4) is 0 Å². The van der Waals surface area contributed by atoms with Crippen molar-refractivity contribution in [3.05, 3.63) is 11.1 Å². The quantitative estimate of drug-likeness (QED) is 0.810. The van der Waals surface area contributed by atoms with Gasteiger partial charge in [0.15, 0.2) is 0 Å². The Balaban J connectivity index is 2.79. The summed E-state index contributed by atoms with van der Waals surface area (Å²) in [6.45, 7) is 6.64. The number of aromatic nitrogens is 1. The van der Waals surface area contributed by atoms with Crippen molar-refractivity contribution in [2.45, 2.75) is 32.7 Å². The van der Waals surface area contributed by atoms with E-state index in [1.165, 1.54) is 11.3 Å². The van der Waals surface area contributed by atoms with Gasteiger partial charge in [-0.1, -0.05) is 18.3 Å². The van der Waals surface area contributed by atoms with E-state index in [2.05, 4.69) is 11.9 Å². The topological polar surface area (TPSA) is 48.1 Å². The minimum Gasteiger partial charge on any atom is -0.470 e. The first-order valence-electron chi connectivity index (χ1n) is 4.47. The number of nitrogens with zero attached hydrogens (tertiary/aromatic N) is 1. The van der Waals surface area contributed by atoms with Gasteiger partial charge in [0.05, 0.1) is 17.8 Å². The fourth-order valence-electron chi connectivity index (χ4n) is 0.890. The third-order valence-electron chi connectivity index (χ3n) is 2.07. The smallest absolute Gasteiger partial charge is 0.273 e. The molecule has 0 aliphatic rings. The number of rotatable bonds is 4. The van der Waals surface area contributed by atoms with Crippen LogP contribution in [0.5, 0.6) is 5.19 Å². The van der Waals surface area contributed by atoms with E-state index >= 15 is 0 Å². The van der Waals surface area contributed by atoms with E-state index in [0.717, 1.165) is 12.1 Å². The lowest BCUT2D eigenvalue weighted by atomic mass is 9.97. The molecule has 1 heterocycles. The van der Waals surface area contributed by atoms with Crippen LogP contribution in [0, 0.1) is 0 Å². The summed E-state index contributed by atoms with van der Waals surface area (Å²) in [6.07, 6.45) is 0.877. The zero-order chi connectivity index (χ0) is 9.90.